The molecule has 0 rings (SSSR count). The summed E-state index contributed by atoms with van der Waals surface area (Å²) in [6, 6.07) is 0. The van der Waals surface area contributed by atoms with Gasteiger partial charge < -0.3 is 5.73 Å². The summed E-state index contributed by atoms with van der Waals surface area (Å²) < 4.78 is 0. The van der Waals surface area contributed by atoms with Crippen molar-refractivity contribution in [1.29, 1.82) is 5.41 Å². The van der Waals surface area contributed by atoms with E-state index in [0.29, 0.717) is 5.57 Å². The quantitative estimate of drug-likeness (QED) is 0.311. The summed E-state index contributed by atoms with van der Waals surface area (Å²) in [5.41, 5.74) is 5.62. The van der Waals surface area contributed by atoms with Crippen LogP contribution in [0.2, 0.25) is 0 Å². The van der Waals surface area contributed by atoms with Crippen molar-refractivity contribution in [3.05, 3.63) is 24.3 Å². The number of hydrogen-bond acceptors (Lipinski definition) is 1. The van der Waals surface area contributed by atoms with Gasteiger partial charge in [-0.1, -0.05) is 18.7 Å². The first-order valence-electron chi connectivity index (χ1n) is 2.34. The van der Waals surface area contributed by atoms with E-state index in [1.807, 2.05) is 6.92 Å². The van der Waals surface area contributed by atoms with Gasteiger partial charge in [-0.25, -0.2) is 0 Å². The van der Waals surface area contributed by atoms with Crippen LogP contribution in [0.3, 0.4) is 0 Å². The molecule has 0 aliphatic heterocycles. The predicted molar refractivity (Wildman–Crippen MR) is 35.9 cm³/mol. The lowest BCUT2D eigenvalue weighted by Gasteiger charge is -1.90. The Kier molecular flexibility index (Phi) is 2.62. The molecule has 0 unspecified atom stereocenters. The Balaban J connectivity index is 3.85. The van der Waals surface area contributed by atoms with Crippen molar-refractivity contribution >= 4 is 5.84 Å². The van der Waals surface area contributed by atoms with Crippen molar-refractivity contribution < 1.29 is 0 Å². The van der Waals surface area contributed by atoms with E-state index in [9.17, 15) is 0 Å². The average molecular weight is 110 g/mol. The van der Waals surface area contributed by atoms with Gasteiger partial charge in [-0.15, -0.1) is 0 Å². The second kappa shape index (κ2) is 3.02. The third-order valence-corrected chi connectivity index (χ3v) is 0.714. The number of hydrogen-bond donors (Lipinski definition) is 2. The fourth-order valence-electron chi connectivity index (χ4n) is 0.291. The zero-order valence-corrected chi connectivity index (χ0v) is 4.94. The fraction of sp³-hybridized carbons (Fsp3) is 0.167. The molecule has 3 N–H and O–H groups in total. The van der Waals surface area contributed by atoms with E-state index in [-0.39, 0.29) is 5.84 Å². The summed E-state index contributed by atoms with van der Waals surface area (Å²) in [6.07, 6.45) is 3.49. The van der Waals surface area contributed by atoms with Gasteiger partial charge in [0.25, 0.3) is 0 Å². The van der Waals surface area contributed by atoms with Crippen molar-refractivity contribution in [1.82, 2.24) is 0 Å². The first-order chi connectivity index (χ1) is 3.68. The van der Waals surface area contributed by atoms with Gasteiger partial charge in [-0.3, -0.25) is 5.41 Å². The minimum atomic E-state index is 0.0306. The molecule has 0 saturated heterocycles. The summed E-state index contributed by atoms with van der Waals surface area (Å²) in [7, 11) is 0. The molecule has 2 heteroatoms. The van der Waals surface area contributed by atoms with E-state index in [2.05, 4.69) is 6.58 Å². The summed E-state index contributed by atoms with van der Waals surface area (Å²) in [4.78, 5) is 0. The zero-order chi connectivity index (χ0) is 6.57. The molecule has 0 aromatic heterocycles. The first-order valence-corrected chi connectivity index (χ1v) is 2.34. The maximum atomic E-state index is 6.83. The number of allylic oxidation sites excluding steroid dienone is 1. The first kappa shape index (κ1) is 6.95. The van der Waals surface area contributed by atoms with Gasteiger partial charge in [0, 0.05) is 5.57 Å². The van der Waals surface area contributed by atoms with Gasteiger partial charge in [-0.05, 0) is 6.92 Å². The smallest absolute Gasteiger partial charge is 0.122 e. The van der Waals surface area contributed by atoms with Crippen molar-refractivity contribution in [3.63, 3.8) is 0 Å². The Morgan fingerprint density at radius 1 is 1.75 bits per heavy atom. The van der Waals surface area contributed by atoms with Crippen LogP contribution in [0.4, 0.5) is 0 Å². The van der Waals surface area contributed by atoms with Gasteiger partial charge >= 0.3 is 0 Å². The molecule has 0 fully saturated rings. The molecule has 0 aromatic rings. The Hall–Kier alpha value is -1.05. The third kappa shape index (κ3) is 2.18. The lowest BCUT2D eigenvalue weighted by molar-refractivity contribution is 1.44. The van der Waals surface area contributed by atoms with Crippen LogP contribution in [0.5, 0.6) is 0 Å². The Labute approximate surface area is 49.2 Å². The number of amidine groups is 1. The van der Waals surface area contributed by atoms with Gasteiger partial charge in [0.2, 0.25) is 0 Å². The highest BCUT2D eigenvalue weighted by Crippen LogP contribution is 1.88. The van der Waals surface area contributed by atoms with Crippen LogP contribution in [-0.4, -0.2) is 5.84 Å². The SMILES string of the molecule is C=C(C=CC)C(=N)N. The molecule has 0 heterocycles. The maximum absolute atomic E-state index is 6.83. The Morgan fingerprint density at radius 2 is 2.25 bits per heavy atom. The highest BCUT2D eigenvalue weighted by Gasteiger charge is 1.86. The van der Waals surface area contributed by atoms with Gasteiger partial charge in [0.15, 0.2) is 0 Å². The predicted octanol–water partition coefficient (Wildman–Crippen LogP) is 1.05. The van der Waals surface area contributed by atoms with Gasteiger partial charge in [-0.2, -0.15) is 0 Å². The van der Waals surface area contributed by atoms with Crippen LogP contribution >= 0.6 is 0 Å². The molecule has 0 aromatic carbocycles. The highest BCUT2D eigenvalue weighted by atomic mass is 14.7. The second-order valence-electron chi connectivity index (χ2n) is 1.44. The number of nitrogens with one attached hydrogen (secondary N) is 1. The van der Waals surface area contributed by atoms with Crippen molar-refractivity contribution in [2.24, 2.45) is 5.73 Å². The molecule has 0 radical (unpaired) electrons. The maximum Gasteiger partial charge on any atom is 0.122 e. The molecule has 8 heavy (non-hydrogen) atoms. The molecule has 0 atom stereocenters. The van der Waals surface area contributed by atoms with Crippen LogP contribution < -0.4 is 5.73 Å². The molecule has 0 aliphatic carbocycles. The van der Waals surface area contributed by atoms with Crippen LogP contribution in [0, 0.1) is 5.41 Å². The van der Waals surface area contributed by atoms with E-state index in [1.165, 1.54) is 0 Å². The average Bonchev–Trinajstić information content (AvgIpc) is 1.67. The minimum Gasteiger partial charge on any atom is -0.384 e. The Bertz CT molecular complexity index is 133. The summed E-state index contributed by atoms with van der Waals surface area (Å²) in [5.74, 6) is 0.0306. The largest absolute Gasteiger partial charge is 0.384 e. The fourth-order valence-corrected chi connectivity index (χ4v) is 0.291. The van der Waals surface area contributed by atoms with Crippen molar-refractivity contribution in [2.45, 2.75) is 6.92 Å². The topological polar surface area (TPSA) is 49.9 Å². The third-order valence-electron chi connectivity index (χ3n) is 0.714. The molecule has 0 spiro atoms. The number of rotatable bonds is 2. The zero-order valence-electron chi connectivity index (χ0n) is 4.94. The van der Waals surface area contributed by atoms with E-state index < -0.39 is 0 Å². The van der Waals surface area contributed by atoms with Crippen LogP contribution in [-0.2, 0) is 0 Å². The second-order valence-corrected chi connectivity index (χ2v) is 1.44. The Morgan fingerprint density at radius 3 is 2.38 bits per heavy atom. The molecule has 0 saturated carbocycles. The molecule has 2 nitrogen and oxygen atoms in total. The molecule has 0 aliphatic rings. The number of nitrogens with two attached hydrogens (primary N) is 1. The van der Waals surface area contributed by atoms with Gasteiger partial charge in [0.1, 0.15) is 5.84 Å². The lowest BCUT2D eigenvalue weighted by Crippen LogP contribution is -2.09. The van der Waals surface area contributed by atoms with E-state index in [4.69, 9.17) is 11.1 Å². The van der Waals surface area contributed by atoms with Crippen LogP contribution in [0.15, 0.2) is 24.3 Å². The molecule has 44 valence electrons. The molecular formula is C6H10N2. The minimum absolute atomic E-state index is 0.0306. The van der Waals surface area contributed by atoms with E-state index in [0.717, 1.165) is 0 Å². The standard InChI is InChI=1S/C6H10N2/c1-3-4-5(2)6(7)8/h3-4H,2H2,1H3,(H3,7,8). The molecule has 0 amide bonds. The molecular weight excluding hydrogens is 100 g/mol. The van der Waals surface area contributed by atoms with Crippen molar-refractivity contribution in [3.8, 4) is 0 Å². The normalized spacial score (nSPS) is 9.62. The molecule has 0 bridgehead atoms. The monoisotopic (exact) mass is 110 g/mol. The lowest BCUT2D eigenvalue weighted by atomic mass is 10.3. The van der Waals surface area contributed by atoms with Gasteiger partial charge in [0.05, 0.1) is 0 Å². The van der Waals surface area contributed by atoms with Crippen molar-refractivity contribution in [2.75, 3.05) is 0 Å². The summed E-state index contributed by atoms with van der Waals surface area (Å²) in [5, 5.41) is 6.83. The van der Waals surface area contributed by atoms with E-state index in [1.54, 1.807) is 12.2 Å². The highest BCUT2D eigenvalue weighted by molar-refractivity contribution is 5.96. The van der Waals surface area contributed by atoms with E-state index >= 15 is 0 Å². The summed E-state index contributed by atoms with van der Waals surface area (Å²) in [6.45, 7) is 5.36. The van der Waals surface area contributed by atoms with Crippen LogP contribution in [0.25, 0.3) is 0 Å². The summed E-state index contributed by atoms with van der Waals surface area (Å²) >= 11 is 0. The van der Waals surface area contributed by atoms with Crippen LogP contribution in [0.1, 0.15) is 6.92 Å².